The van der Waals surface area contributed by atoms with E-state index in [1.54, 1.807) is 20.4 Å². The van der Waals surface area contributed by atoms with Gasteiger partial charge < -0.3 is 15.4 Å². The molecule has 0 saturated carbocycles. The minimum absolute atomic E-state index is 0.0989. The first-order valence-electron chi connectivity index (χ1n) is 16.8. The van der Waals surface area contributed by atoms with E-state index in [-0.39, 0.29) is 23.0 Å². The molecular formula is C38H38ClN7O3. The lowest BCUT2D eigenvalue weighted by Crippen LogP contribution is -2.44. The highest BCUT2D eigenvalue weighted by Gasteiger charge is 2.46. The van der Waals surface area contributed by atoms with E-state index in [1.807, 2.05) is 56.3 Å². The van der Waals surface area contributed by atoms with Crippen LogP contribution in [0.1, 0.15) is 54.1 Å². The Balaban J connectivity index is 1.13. The number of carbonyl (C=O) groups is 1. The van der Waals surface area contributed by atoms with Gasteiger partial charge in [0.25, 0.3) is 5.56 Å². The molecule has 5 heterocycles. The summed E-state index contributed by atoms with van der Waals surface area (Å²) in [7, 11) is 3.32. The summed E-state index contributed by atoms with van der Waals surface area (Å²) in [6, 6.07) is 16.3. The second kappa shape index (κ2) is 12.0. The molecular weight excluding hydrogens is 638 g/mol. The molecule has 0 unspecified atom stereocenters. The summed E-state index contributed by atoms with van der Waals surface area (Å²) in [6.45, 7) is 5.74. The molecule has 3 aliphatic rings. The minimum Gasteiger partial charge on any atom is -0.481 e. The summed E-state index contributed by atoms with van der Waals surface area (Å²) in [5.74, 6) is 1.29. The Hall–Kier alpha value is -4.80. The molecule has 3 aromatic heterocycles. The highest BCUT2D eigenvalue weighted by atomic mass is 35.5. The largest absolute Gasteiger partial charge is 0.481 e. The lowest BCUT2D eigenvalue weighted by Gasteiger charge is -2.28. The van der Waals surface area contributed by atoms with Crippen molar-refractivity contribution in [1.29, 1.82) is 0 Å². The van der Waals surface area contributed by atoms with Gasteiger partial charge in [0.2, 0.25) is 11.8 Å². The number of likely N-dealkylation sites (tertiary alicyclic amines) is 1. The van der Waals surface area contributed by atoms with Crippen LogP contribution >= 0.6 is 11.6 Å². The maximum atomic E-state index is 13.1. The lowest BCUT2D eigenvalue weighted by atomic mass is 9.96. The molecule has 5 aromatic rings. The maximum Gasteiger partial charge on any atom is 0.278 e. The second-order valence-electron chi connectivity index (χ2n) is 13.6. The third kappa shape index (κ3) is 5.34. The Kier molecular flexibility index (Phi) is 7.68. The quantitative estimate of drug-likeness (QED) is 0.212. The number of nitrogens with one attached hydrogen (secondary N) is 2. The summed E-state index contributed by atoms with van der Waals surface area (Å²) in [6.07, 6.45) is 6.09. The molecule has 10 nitrogen and oxygen atoms in total. The van der Waals surface area contributed by atoms with Gasteiger partial charge in [0.05, 0.1) is 34.9 Å². The van der Waals surface area contributed by atoms with Crippen LogP contribution in [-0.4, -0.2) is 56.3 Å². The van der Waals surface area contributed by atoms with E-state index in [2.05, 4.69) is 26.7 Å². The smallest absolute Gasteiger partial charge is 0.278 e. The number of amides is 1. The molecule has 2 aliphatic heterocycles. The van der Waals surface area contributed by atoms with E-state index in [1.165, 1.54) is 10.2 Å². The molecule has 2 saturated heterocycles. The van der Waals surface area contributed by atoms with E-state index in [0.29, 0.717) is 28.5 Å². The van der Waals surface area contributed by atoms with Gasteiger partial charge in [-0.1, -0.05) is 41.9 Å². The number of carbonyl (C=O) groups excluding carboxylic acids is 1. The fraction of sp³-hybridized carbons (Fsp3) is 0.342. The Morgan fingerprint density at radius 1 is 1.02 bits per heavy atom. The number of rotatable bonds is 6. The first kappa shape index (κ1) is 31.5. The zero-order valence-corrected chi connectivity index (χ0v) is 28.8. The van der Waals surface area contributed by atoms with Crippen molar-refractivity contribution in [3.63, 3.8) is 0 Å². The summed E-state index contributed by atoms with van der Waals surface area (Å²) in [5.41, 5.74) is 8.07. The van der Waals surface area contributed by atoms with Gasteiger partial charge in [0.1, 0.15) is 5.82 Å². The van der Waals surface area contributed by atoms with Crippen molar-refractivity contribution in [2.75, 3.05) is 25.5 Å². The van der Waals surface area contributed by atoms with Crippen LogP contribution < -0.4 is 20.9 Å². The van der Waals surface area contributed by atoms with Crippen LogP contribution in [0, 0.1) is 13.8 Å². The van der Waals surface area contributed by atoms with Crippen LogP contribution in [0.15, 0.2) is 59.5 Å². The predicted octanol–water partition coefficient (Wildman–Crippen LogP) is 6.42. The molecule has 2 aromatic carbocycles. The first-order chi connectivity index (χ1) is 23.6. The maximum absolute atomic E-state index is 13.1. The van der Waals surface area contributed by atoms with Gasteiger partial charge in [-0.15, -0.1) is 0 Å². The molecule has 2 fully saturated rings. The monoisotopic (exact) mass is 675 g/mol. The average Bonchev–Trinajstić information content (AvgIpc) is 3.81. The molecule has 1 amide bonds. The van der Waals surface area contributed by atoms with E-state index in [9.17, 15) is 9.59 Å². The molecule has 8 rings (SSSR count). The second-order valence-corrected chi connectivity index (χ2v) is 14.0. The highest BCUT2D eigenvalue weighted by molar-refractivity contribution is 6.36. The van der Waals surface area contributed by atoms with Crippen molar-refractivity contribution < 1.29 is 9.53 Å². The number of hydrogen-bond donors (Lipinski definition) is 2. The molecule has 2 N–H and O–H groups in total. The number of nitrogens with zero attached hydrogens (tertiary/aromatic N) is 5. The van der Waals surface area contributed by atoms with E-state index >= 15 is 0 Å². The van der Waals surface area contributed by atoms with Gasteiger partial charge >= 0.3 is 0 Å². The van der Waals surface area contributed by atoms with Crippen molar-refractivity contribution in [2.24, 2.45) is 7.05 Å². The van der Waals surface area contributed by atoms with E-state index in [4.69, 9.17) is 26.3 Å². The molecule has 49 heavy (non-hydrogen) atoms. The van der Waals surface area contributed by atoms with Crippen molar-refractivity contribution >= 4 is 39.8 Å². The number of aromatic nitrogens is 4. The van der Waals surface area contributed by atoms with Crippen molar-refractivity contribution in [2.45, 2.75) is 57.5 Å². The predicted molar refractivity (Wildman–Crippen MR) is 192 cm³/mol. The summed E-state index contributed by atoms with van der Waals surface area (Å²) in [5, 5.41) is 12.7. The first-order valence-corrected chi connectivity index (χ1v) is 17.1. The topological polar surface area (TPSA) is 114 Å². The van der Waals surface area contributed by atoms with Crippen LogP contribution in [0.3, 0.4) is 0 Å². The zero-order chi connectivity index (χ0) is 34.0. The van der Waals surface area contributed by atoms with Gasteiger partial charge in [-0.3, -0.25) is 14.5 Å². The lowest BCUT2D eigenvalue weighted by molar-refractivity contribution is -0.119. The number of aryl methyl sites for hydroxylation is 3. The molecule has 250 valence electrons. The molecule has 0 bridgehead atoms. The number of halogens is 1. The fourth-order valence-electron chi connectivity index (χ4n) is 8.10. The molecule has 1 aliphatic carbocycles. The van der Waals surface area contributed by atoms with Gasteiger partial charge in [0.15, 0.2) is 0 Å². The van der Waals surface area contributed by atoms with Gasteiger partial charge in [-0.25, -0.2) is 14.6 Å². The molecule has 11 heteroatoms. The van der Waals surface area contributed by atoms with Crippen LogP contribution in [-0.2, 0) is 18.3 Å². The normalized spacial score (nSPS) is 20.3. The molecule has 1 spiro atoms. The molecule has 2 atom stereocenters. The third-order valence-electron chi connectivity index (χ3n) is 10.6. The van der Waals surface area contributed by atoms with Crippen LogP contribution in [0.5, 0.6) is 5.88 Å². The fourth-order valence-corrected chi connectivity index (χ4v) is 8.42. The number of fused-ring (bicyclic) bond motifs is 2. The number of benzene rings is 2. The third-order valence-corrected chi connectivity index (χ3v) is 11.0. The highest BCUT2D eigenvalue weighted by Crippen LogP contribution is 2.47. The Morgan fingerprint density at radius 2 is 1.82 bits per heavy atom. The Labute approximate surface area is 289 Å². The number of methoxy groups -OCH3 is 1. The average molecular weight is 676 g/mol. The standard InChI is InChI=1S/C38H38ClN7O3/c1-21-17-24-19-40-45(3)37(48)33(24)35(41-21)42-28-10-6-7-25(22(28)2)26-8-5-9-27(34(26)39)29-18-23-11-12-30(32(23)36(43-29)49-4)46-16-15-38(20-46)14-13-31(47)44-38/h5-10,17-19,30H,11-16,20H2,1-4H3,(H,41,42)(H,44,47)/t30-,38+/m0/s1. The SMILES string of the molecule is COc1nc(-c2cccc(-c3cccc(Nc4nc(C)cc5cnn(C)c(=O)c45)c3C)c2Cl)cc2c1[C@@H](N1CC[C@]3(CCC(=O)N3)C1)CC2. The van der Waals surface area contributed by atoms with Crippen molar-refractivity contribution in [3.8, 4) is 28.3 Å². The summed E-state index contributed by atoms with van der Waals surface area (Å²) < 4.78 is 7.27. The minimum atomic E-state index is -0.215. The van der Waals surface area contributed by atoms with Crippen LogP contribution in [0.2, 0.25) is 5.02 Å². The number of anilines is 2. The zero-order valence-electron chi connectivity index (χ0n) is 28.1. The van der Waals surface area contributed by atoms with Crippen LogP contribution in [0.25, 0.3) is 33.2 Å². The summed E-state index contributed by atoms with van der Waals surface area (Å²) >= 11 is 7.25. The Bertz CT molecular complexity index is 2230. The van der Waals surface area contributed by atoms with Gasteiger partial charge in [-0.2, -0.15) is 5.10 Å². The van der Waals surface area contributed by atoms with Gasteiger partial charge in [-0.05, 0) is 74.4 Å². The van der Waals surface area contributed by atoms with E-state index in [0.717, 1.165) is 89.1 Å². The number of hydrogen-bond acceptors (Lipinski definition) is 8. The van der Waals surface area contributed by atoms with Crippen molar-refractivity contribution in [3.05, 3.63) is 92.5 Å². The number of pyridine rings is 2. The van der Waals surface area contributed by atoms with E-state index < -0.39 is 0 Å². The van der Waals surface area contributed by atoms with Gasteiger partial charge in [0, 0.05) is 66.1 Å². The summed E-state index contributed by atoms with van der Waals surface area (Å²) in [4.78, 5) is 37.4. The number of ether oxygens (including phenoxy) is 1. The van der Waals surface area contributed by atoms with Crippen molar-refractivity contribution in [1.82, 2.24) is 30.0 Å². The molecule has 0 radical (unpaired) electrons. The Morgan fingerprint density at radius 3 is 2.61 bits per heavy atom. The van der Waals surface area contributed by atoms with Crippen LogP contribution in [0.4, 0.5) is 11.5 Å².